The van der Waals surface area contributed by atoms with Crippen molar-refractivity contribution in [3.8, 4) is 0 Å². The molecule has 2 N–H and O–H groups in total. The number of hydrogen-bond donors (Lipinski definition) is 2. The number of rotatable bonds is 6. The zero-order valence-corrected chi connectivity index (χ0v) is 14.9. The van der Waals surface area contributed by atoms with Gasteiger partial charge in [-0.3, -0.25) is 9.52 Å². The molecule has 1 aliphatic rings. The highest BCUT2D eigenvalue weighted by Crippen LogP contribution is 2.21. The van der Waals surface area contributed by atoms with E-state index in [9.17, 15) is 18.0 Å². The summed E-state index contributed by atoms with van der Waals surface area (Å²) in [5.41, 5.74) is 0.923. The predicted molar refractivity (Wildman–Crippen MR) is 95.5 cm³/mol. The topological polar surface area (TPSA) is 102 Å². The average molecular weight is 374 g/mol. The van der Waals surface area contributed by atoms with E-state index in [1.807, 2.05) is 0 Å². The van der Waals surface area contributed by atoms with Crippen LogP contribution in [0.25, 0.3) is 0 Å². The van der Waals surface area contributed by atoms with Crippen LogP contribution in [0.4, 0.5) is 5.69 Å². The zero-order chi connectivity index (χ0) is 18.7. The predicted octanol–water partition coefficient (Wildman–Crippen LogP) is 2.17. The van der Waals surface area contributed by atoms with Gasteiger partial charge in [-0.2, -0.15) is 0 Å². The minimum absolute atomic E-state index is 0.0593. The summed E-state index contributed by atoms with van der Waals surface area (Å²) in [6.45, 7) is 0. The van der Waals surface area contributed by atoms with Crippen molar-refractivity contribution in [3.63, 3.8) is 0 Å². The van der Waals surface area contributed by atoms with Gasteiger partial charge < -0.3 is 10.1 Å². The van der Waals surface area contributed by atoms with E-state index in [0.29, 0.717) is 11.3 Å². The molecule has 1 fully saturated rings. The summed E-state index contributed by atoms with van der Waals surface area (Å²) in [5.74, 6) is -0.791. The first-order valence-corrected chi connectivity index (χ1v) is 9.49. The lowest BCUT2D eigenvalue weighted by molar-refractivity contribution is 0.0600. The number of methoxy groups -OCH3 is 1. The molecule has 1 amide bonds. The SMILES string of the molecule is COC(=O)c1cccc(S(=O)(=O)Nc2ccc(C(=O)NC3CC3)cc2)c1. The van der Waals surface area contributed by atoms with Gasteiger partial charge >= 0.3 is 5.97 Å². The van der Waals surface area contributed by atoms with Crippen molar-refractivity contribution in [2.24, 2.45) is 0 Å². The van der Waals surface area contributed by atoms with Crippen LogP contribution in [0.3, 0.4) is 0 Å². The van der Waals surface area contributed by atoms with E-state index in [-0.39, 0.29) is 22.4 Å². The van der Waals surface area contributed by atoms with Gasteiger partial charge in [0.1, 0.15) is 0 Å². The number of amides is 1. The summed E-state index contributed by atoms with van der Waals surface area (Å²) in [7, 11) is -2.65. The molecule has 8 heteroatoms. The van der Waals surface area contributed by atoms with Crippen LogP contribution in [0.1, 0.15) is 33.6 Å². The Hall–Kier alpha value is -2.87. The van der Waals surface area contributed by atoms with Crippen molar-refractivity contribution in [1.82, 2.24) is 5.32 Å². The summed E-state index contributed by atoms with van der Waals surface area (Å²) < 4.78 is 32.0. The maximum Gasteiger partial charge on any atom is 0.337 e. The summed E-state index contributed by atoms with van der Waals surface area (Å²) in [4.78, 5) is 23.4. The van der Waals surface area contributed by atoms with E-state index in [1.165, 1.54) is 43.5 Å². The van der Waals surface area contributed by atoms with Crippen LogP contribution < -0.4 is 10.0 Å². The number of anilines is 1. The smallest absolute Gasteiger partial charge is 0.337 e. The summed E-state index contributed by atoms with van der Waals surface area (Å²) in [6, 6.07) is 12.0. The second kappa shape index (κ2) is 7.17. The molecule has 0 aliphatic heterocycles. The number of carbonyl (C=O) groups excluding carboxylic acids is 2. The lowest BCUT2D eigenvalue weighted by atomic mass is 10.2. The van der Waals surface area contributed by atoms with Crippen molar-refractivity contribution >= 4 is 27.6 Å². The minimum Gasteiger partial charge on any atom is -0.465 e. The van der Waals surface area contributed by atoms with Gasteiger partial charge in [0.15, 0.2) is 0 Å². The molecule has 0 heterocycles. The number of esters is 1. The number of benzene rings is 2. The second-order valence-corrected chi connectivity index (χ2v) is 7.63. The van der Waals surface area contributed by atoms with Crippen LogP contribution in [-0.4, -0.2) is 33.4 Å². The molecule has 26 heavy (non-hydrogen) atoms. The van der Waals surface area contributed by atoms with Crippen molar-refractivity contribution < 1.29 is 22.7 Å². The van der Waals surface area contributed by atoms with Crippen LogP contribution in [0.5, 0.6) is 0 Å². The molecule has 2 aromatic rings. The first-order chi connectivity index (χ1) is 12.4. The molecule has 2 aromatic carbocycles. The van der Waals surface area contributed by atoms with Gasteiger partial charge in [-0.15, -0.1) is 0 Å². The highest BCUT2D eigenvalue weighted by atomic mass is 32.2. The Bertz CT molecular complexity index is 934. The Labute approximate surface area is 151 Å². The Balaban J connectivity index is 1.74. The minimum atomic E-state index is -3.88. The molecule has 0 atom stereocenters. The fourth-order valence-corrected chi connectivity index (χ4v) is 3.41. The Morgan fingerprint density at radius 2 is 1.73 bits per heavy atom. The third-order valence-electron chi connectivity index (χ3n) is 3.88. The average Bonchev–Trinajstić information content (AvgIpc) is 3.45. The van der Waals surface area contributed by atoms with Gasteiger partial charge in [0.25, 0.3) is 15.9 Å². The molecule has 0 unspecified atom stereocenters. The summed E-state index contributed by atoms with van der Waals surface area (Å²) in [5, 5.41) is 2.86. The molecular weight excluding hydrogens is 356 g/mol. The molecular formula is C18H18N2O5S. The van der Waals surface area contributed by atoms with Crippen LogP contribution in [0.15, 0.2) is 53.4 Å². The van der Waals surface area contributed by atoms with Gasteiger partial charge in [-0.05, 0) is 55.3 Å². The highest BCUT2D eigenvalue weighted by Gasteiger charge is 2.23. The lowest BCUT2D eigenvalue weighted by Crippen LogP contribution is -2.25. The first kappa shape index (κ1) is 17.9. The third kappa shape index (κ3) is 4.20. The normalized spacial score (nSPS) is 13.7. The number of carbonyl (C=O) groups is 2. The summed E-state index contributed by atoms with van der Waals surface area (Å²) >= 11 is 0. The number of hydrogen-bond acceptors (Lipinski definition) is 5. The molecule has 0 bridgehead atoms. The molecule has 0 spiro atoms. The van der Waals surface area contributed by atoms with Gasteiger partial charge in [0.2, 0.25) is 0 Å². The van der Waals surface area contributed by atoms with Crippen molar-refractivity contribution in [3.05, 3.63) is 59.7 Å². The number of nitrogens with one attached hydrogen (secondary N) is 2. The molecule has 7 nitrogen and oxygen atoms in total. The van der Waals surface area contributed by atoms with Gasteiger partial charge in [-0.25, -0.2) is 13.2 Å². The van der Waals surface area contributed by atoms with Gasteiger partial charge in [0, 0.05) is 17.3 Å². The van der Waals surface area contributed by atoms with E-state index in [4.69, 9.17) is 0 Å². The van der Waals surface area contributed by atoms with Gasteiger partial charge in [-0.1, -0.05) is 6.07 Å². The van der Waals surface area contributed by atoms with Crippen molar-refractivity contribution in [1.29, 1.82) is 0 Å². The standard InChI is InChI=1S/C18H18N2O5S/c1-25-18(22)13-3-2-4-16(11-13)26(23,24)20-15-7-5-12(6-8-15)17(21)19-14-9-10-14/h2-8,11,14,20H,9-10H2,1H3,(H,19,21). The molecule has 0 saturated heterocycles. The molecule has 136 valence electrons. The zero-order valence-electron chi connectivity index (χ0n) is 14.1. The van der Waals surface area contributed by atoms with Gasteiger partial charge in [0.05, 0.1) is 17.6 Å². The molecule has 3 rings (SSSR count). The van der Waals surface area contributed by atoms with E-state index >= 15 is 0 Å². The highest BCUT2D eigenvalue weighted by molar-refractivity contribution is 7.92. The van der Waals surface area contributed by atoms with Crippen LogP contribution in [0.2, 0.25) is 0 Å². The summed E-state index contributed by atoms with van der Waals surface area (Å²) in [6.07, 6.45) is 1.99. The first-order valence-electron chi connectivity index (χ1n) is 8.01. The fraction of sp³-hybridized carbons (Fsp3) is 0.222. The molecule has 1 saturated carbocycles. The van der Waals surface area contributed by atoms with Crippen LogP contribution in [0, 0.1) is 0 Å². The Morgan fingerprint density at radius 1 is 1.04 bits per heavy atom. The van der Waals surface area contributed by atoms with E-state index < -0.39 is 16.0 Å². The Morgan fingerprint density at radius 3 is 2.35 bits per heavy atom. The maximum atomic E-state index is 12.5. The lowest BCUT2D eigenvalue weighted by Gasteiger charge is -2.10. The third-order valence-corrected chi connectivity index (χ3v) is 5.26. The van der Waals surface area contributed by atoms with Crippen LogP contribution >= 0.6 is 0 Å². The number of sulfonamides is 1. The molecule has 1 aliphatic carbocycles. The van der Waals surface area contributed by atoms with E-state index in [2.05, 4.69) is 14.8 Å². The number of ether oxygens (including phenoxy) is 1. The van der Waals surface area contributed by atoms with Crippen molar-refractivity contribution in [2.75, 3.05) is 11.8 Å². The Kier molecular flexibility index (Phi) is 4.94. The monoisotopic (exact) mass is 374 g/mol. The fourth-order valence-electron chi connectivity index (χ4n) is 2.31. The second-order valence-electron chi connectivity index (χ2n) is 5.95. The maximum absolute atomic E-state index is 12.5. The molecule has 0 aromatic heterocycles. The largest absolute Gasteiger partial charge is 0.465 e. The van der Waals surface area contributed by atoms with Crippen molar-refractivity contribution in [2.45, 2.75) is 23.8 Å². The van der Waals surface area contributed by atoms with Crippen LogP contribution in [-0.2, 0) is 14.8 Å². The van der Waals surface area contributed by atoms with E-state index in [0.717, 1.165) is 12.8 Å². The van der Waals surface area contributed by atoms with E-state index in [1.54, 1.807) is 12.1 Å². The quantitative estimate of drug-likeness (QED) is 0.755. The molecule has 0 radical (unpaired) electrons.